The fraction of sp³-hybridized carbons (Fsp3) is 0.333. The maximum atomic E-state index is 12.4. The van der Waals surface area contributed by atoms with Gasteiger partial charge < -0.3 is 15.1 Å². The van der Waals surface area contributed by atoms with Crippen LogP contribution in [-0.4, -0.2) is 59.3 Å². The molecular weight excluding hydrogens is 368 g/mol. The first-order chi connectivity index (χ1) is 13.0. The molecule has 3 rings (SSSR count). The van der Waals surface area contributed by atoms with Gasteiger partial charge >= 0.3 is 0 Å². The van der Waals surface area contributed by atoms with Gasteiger partial charge in [-0.1, -0.05) is 12.1 Å². The van der Waals surface area contributed by atoms with Gasteiger partial charge in [-0.25, -0.2) is 0 Å². The fourth-order valence-electron chi connectivity index (χ4n) is 3.01. The fourth-order valence-corrected chi connectivity index (χ4v) is 3.70. The maximum Gasteiger partial charge on any atom is 0.274 e. The molecule has 1 aromatic heterocycles. The number of carbonyl (C=O) groups is 2. The molecule has 8 nitrogen and oxygen atoms in total. The number of benzene rings is 1. The molecule has 142 valence electrons. The second-order valence-electron chi connectivity index (χ2n) is 6.21. The molecule has 0 spiro atoms. The predicted octanol–water partition coefficient (Wildman–Crippen LogP) is 2.36. The van der Waals surface area contributed by atoms with Crippen LogP contribution in [0.4, 0.5) is 11.4 Å². The van der Waals surface area contributed by atoms with Crippen LogP contribution in [0.1, 0.15) is 15.2 Å². The van der Waals surface area contributed by atoms with Crippen molar-refractivity contribution in [3.63, 3.8) is 0 Å². The highest BCUT2D eigenvalue weighted by Gasteiger charge is 2.25. The Morgan fingerprint density at radius 2 is 1.85 bits per heavy atom. The molecule has 1 aromatic carbocycles. The molecule has 0 atom stereocenters. The molecule has 1 N–H and O–H groups in total. The van der Waals surface area contributed by atoms with E-state index < -0.39 is 4.92 Å². The van der Waals surface area contributed by atoms with Crippen LogP contribution < -0.4 is 5.32 Å². The minimum atomic E-state index is -0.438. The molecule has 9 heteroatoms. The minimum Gasteiger partial charge on any atom is -0.376 e. The predicted molar refractivity (Wildman–Crippen MR) is 103 cm³/mol. The highest BCUT2D eigenvalue weighted by atomic mass is 32.1. The molecule has 1 saturated heterocycles. The van der Waals surface area contributed by atoms with Gasteiger partial charge in [-0.3, -0.25) is 19.7 Å². The SMILES string of the molecule is Cc1c(NCC(=O)N2CCN(C(=O)c3cccs3)CC2)cccc1[N+](=O)[O-]. The number of thiophene rings is 1. The Hall–Kier alpha value is -2.94. The van der Waals surface area contributed by atoms with Gasteiger partial charge in [-0.2, -0.15) is 0 Å². The molecule has 0 unspecified atom stereocenters. The number of hydrogen-bond donors (Lipinski definition) is 1. The first-order valence-corrected chi connectivity index (χ1v) is 9.44. The van der Waals surface area contributed by atoms with Gasteiger partial charge in [0.15, 0.2) is 0 Å². The topological polar surface area (TPSA) is 95.8 Å². The van der Waals surface area contributed by atoms with Crippen molar-refractivity contribution < 1.29 is 14.5 Å². The summed E-state index contributed by atoms with van der Waals surface area (Å²) in [6.45, 7) is 3.66. The van der Waals surface area contributed by atoms with Crippen LogP contribution in [0.5, 0.6) is 0 Å². The van der Waals surface area contributed by atoms with Gasteiger partial charge in [0, 0.05) is 43.5 Å². The van der Waals surface area contributed by atoms with E-state index in [4.69, 9.17) is 0 Å². The third-order valence-corrected chi connectivity index (χ3v) is 5.44. The lowest BCUT2D eigenvalue weighted by Crippen LogP contribution is -2.51. The van der Waals surface area contributed by atoms with Gasteiger partial charge in [0.1, 0.15) is 0 Å². The van der Waals surface area contributed by atoms with Crippen molar-refractivity contribution in [1.29, 1.82) is 0 Å². The van der Waals surface area contributed by atoms with Crippen LogP contribution >= 0.6 is 11.3 Å². The Balaban J connectivity index is 1.52. The lowest BCUT2D eigenvalue weighted by Gasteiger charge is -2.34. The molecule has 2 aromatic rings. The smallest absolute Gasteiger partial charge is 0.274 e. The molecule has 2 amide bonds. The van der Waals surface area contributed by atoms with Gasteiger partial charge in [0.25, 0.3) is 11.6 Å². The second kappa shape index (κ2) is 8.17. The standard InChI is InChI=1S/C18H20N4O4S/c1-13-14(4-2-5-15(13)22(25)26)19-12-17(23)20-7-9-21(10-8-20)18(24)16-6-3-11-27-16/h2-6,11,19H,7-10,12H2,1H3. The van der Waals surface area contributed by atoms with Crippen molar-refractivity contribution >= 4 is 34.5 Å². The molecule has 0 saturated carbocycles. The van der Waals surface area contributed by atoms with E-state index in [1.165, 1.54) is 17.4 Å². The van der Waals surface area contributed by atoms with Crippen molar-refractivity contribution in [2.24, 2.45) is 0 Å². The number of carbonyl (C=O) groups excluding carboxylic acids is 2. The molecule has 1 aliphatic heterocycles. The number of amides is 2. The summed E-state index contributed by atoms with van der Waals surface area (Å²) in [5, 5.41) is 15.9. The van der Waals surface area contributed by atoms with Crippen LogP contribution in [0.3, 0.4) is 0 Å². The number of nitrogens with zero attached hydrogens (tertiary/aromatic N) is 3. The van der Waals surface area contributed by atoms with Crippen molar-refractivity contribution in [1.82, 2.24) is 9.80 Å². The van der Waals surface area contributed by atoms with E-state index in [0.29, 0.717) is 42.3 Å². The molecular formula is C18H20N4O4S. The van der Waals surface area contributed by atoms with E-state index >= 15 is 0 Å². The van der Waals surface area contributed by atoms with Crippen molar-refractivity contribution in [3.8, 4) is 0 Å². The van der Waals surface area contributed by atoms with Crippen molar-refractivity contribution in [2.45, 2.75) is 6.92 Å². The van der Waals surface area contributed by atoms with Crippen LogP contribution in [0, 0.1) is 17.0 Å². The molecule has 0 bridgehead atoms. The summed E-state index contributed by atoms with van der Waals surface area (Å²) in [6.07, 6.45) is 0. The Kier molecular flexibility index (Phi) is 5.70. The normalized spacial score (nSPS) is 14.1. The number of nitro groups is 1. The minimum absolute atomic E-state index is 0.00226. The molecule has 0 aliphatic carbocycles. The zero-order chi connectivity index (χ0) is 19.4. The van der Waals surface area contributed by atoms with Gasteiger partial charge in [0.05, 0.1) is 16.3 Å². The third kappa shape index (κ3) is 4.25. The zero-order valence-electron chi connectivity index (χ0n) is 14.9. The number of rotatable bonds is 5. The molecule has 1 aliphatic rings. The van der Waals surface area contributed by atoms with Crippen LogP contribution in [0.15, 0.2) is 35.7 Å². The highest BCUT2D eigenvalue weighted by Crippen LogP contribution is 2.24. The Labute approximate surface area is 160 Å². The first kappa shape index (κ1) is 18.8. The monoisotopic (exact) mass is 388 g/mol. The number of nitrogens with one attached hydrogen (secondary N) is 1. The lowest BCUT2D eigenvalue weighted by molar-refractivity contribution is -0.385. The Morgan fingerprint density at radius 1 is 1.15 bits per heavy atom. The van der Waals surface area contributed by atoms with E-state index in [1.54, 1.807) is 34.9 Å². The summed E-state index contributed by atoms with van der Waals surface area (Å²) in [4.78, 5) is 39.5. The molecule has 2 heterocycles. The van der Waals surface area contributed by atoms with Crippen molar-refractivity contribution in [3.05, 3.63) is 56.3 Å². The molecule has 1 fully saturated rings. The van der Waals surface area contributed by atoms with Crippen LogP contribution in [-0.2, 0) is 4.79 Å². The average molecular weight is 388 g/mol. The maximum absolute atomic E-state index is 12.4. The molecule has 0 radical (unpaired) electrons. The number of nitro benzene ring substituents is 1. The summed E-state index contributed by atoms with van der Waals surface area (Å²) in [5.41, 5.74) is 1.10. The second-order valence-corrected chi connectivity index (χ2v) is 7.16. The van der Waals surface area contributed by atoms with E-state index in [9.17, 15) is 19.7 Å². The van der Waals surface area contributed by atoms with E-state index in [2.05, 4.69) is 5.32 Å². The van der Waals surface area contributed by atoms with E-state index in [-0.39, 0.29) is 24.0 Å². The summed E-state index contributed by atoms with van der Waals surface area (Å²) >= 11 is 1.41. The highest BCUT2D eigenvalue weighted by molar-refractivity contribution is 7.12. The summed E-state index contributed by atoms with van der Waals surface area (Å²) in [7, 11) is 0. The summed E-state index contributed by atoms with van der Waals surface area (Å²) in [5.74, 6) is -0.0911. The van der Waals surface area contributed by atoms with E-state index in [1.807, 2.05) is 11.4 Å². The average Bonchev–Trinajstić information content (AvgIpc) is 3.21. The van der Waals surface area contributed by atoms with Gasteiger partial charge in [-0.05, 0) is 24.4 Å². The Morgan fingerprint density at radius 3 is 2.48 bits per heavy atom. The third-order valence-electron chi connectivity index (χ3n) is 4.58. The van der Waals surface area contributed by atoms with Gasteiger partial charge in [-0.15, -0.1) is 11.3 Å². The van der Waals surface area contributed by atoms with E-state index in [0.717, 1.165) is 0 Å². The first-order valence-electron chi connectivity index (χ1n) is 8.56. The number of piperazine rings is 1. The summed E-state index contributed by atoms with van der Waals surface area (Å²) in [6, 6.07) is 8.39. The van der Waals surface area contributed by atoms with Crippen LogP contribution in [0.25, 0.3) is 0 Å². The molecule has 27 heavy (non-hydrogen) atoms. The van der Waals surface area contributed by atoms with Gasteiger partial charge in [0.2, 0.25) is 5.91 Å². The largest absolute Gasteiger partial charge is 0.376 e. The summed E-state index contributed by atoms with van der Waals surface area (Å²) < 4.78 is 0. The zero-order valence-corrected chi connectivity index (χ0v) is 15.7. The number of hydrogen-bond acceptors (Lipinski definition) is 6. The lowest BCUT2D eigenvalue weighted by atomic mass is 10.1. The quantitative estimate of drug-likeness (QED) is 0.627. The van der Waals surface area contributed by atoms with Crippen molar-refractivity contribution in [2.75, 3.05) is 38.0 Å². The number of anilines is 1. The Bertz CT molecular complexity index is 845. The van der Waals surface area contributed by atoms with Crippen LogP contribution in [0.2, 0.25) is 0 Å².